The molecule has 0 bridgehead atoms. The van der Waals surface area contributed by atoms with Crippen molar-refractivity contribution >= 4 is 22.8 Å². The molecule has 1 fully saturated rings. The topological polar surface area (TPSA) is 91.2 Å². The first kappa shape index (κ1) is 17.3. The van der Waals surface area contributed by atoms with Crippen LogP contribution in [0.1, 0.15) is 30.5 Å². The van der Waals surface area contributed by atoms with Gasteiger partial charge >= 0.3 is 6.03 Å². The second kappa shape index (κ2) is 7.59. The van der Waals surface area contributed by atoms with Crippen LogP contribution < -0.4 is 11.1 Å². The number of carbonyl (C=O) groups excluding carboxylic acids is 2. The molecular formula is C19H26N4O2. The molecule has 1 aromatic carbocycles. The number of rotatable bonds is 5. The van der Waals surface area contributed by atoms with Gasteiger partial charge in [0.25, 0.3) is 0 Å². The lowest BCUT2D eigenvalue weighted by atomic mass is 9.93. The van der Waals surface area contributed by atoms with Crippen LogP contribution in [0, 0.1) is 12.8 Å². The molecule has 1 saturated heterocycles. The first-order valence-electron chi connectivity index (χ1n) is 8.92. The molecule has 25 heavy (non-hydrogen) atoms. The lowest BCUT2D eigenvalue weighted by Crippen LogP contribution is -2.45. The van der Waals surface area contributed by atoms with Crippen molar-refractivity contribution < 1.29 is 9.59 Å². The Morgan fingerprint density at radius 1 is 1.28 bits per heavy atom. The summed E-state index contributed by atoms with van der Waals surface area (Å²) in [6, 6.07) is 8.22. The number of primary amides is 1. The van der Waals surface area contributed by atoms with E-state index in [0.29, 0.717) is 32.0 Å². The molecule has 0 spiro atoms. The summed E-state index contributed by atoms with van der Waals surface area (Å²) in [4.78, 5) is 28.5. The minimum atomic E-state index is -0.253. The van der Waals surface area contributed by atoms with Crippen LogP contribution in [0.15, 0.2) is 24.3 Å². The highest BCUT2D eigenvalue weighted by Gasteiger charge is 2.23. The Labute approximate surface area is 147 Å². The number of nitrogens with zero attached hydrogens (tertiary/aromatic N) is 1. The van der Waals surface area contributed by atoms with Crippen LogP contribution in [-0.2, 0) is 11.2 Å². The van der Waals surface area contributed by atoms with Crippen molar-refractivity contribution in [2.24, 2.45) is 11.7 Å². The number of likely N-dealkylation sites (tertiary alicyclic amines) is 1. The number of urea groups is 1. The summed E-state index contributed by atoms with van der Waals surface area (Å²) in [5.74, 6) is 0.0624. The van der Waals surface area contributed by atoms with Gasteiger partial charge in [0.2, 0.25) is 5.91 Å². The number of nitrogens with two attached hydrogens (primary N) is 1. The maximum atomic E-state index is 12.3. The zero-order valence-electron chi connectivity index (χ0n) is 14.7. The number of H-pyrrole nitrogens is 1. The van der Waals surface area contributed by atoms with Crippen molar-refractivity contribution in [3.63, 3.8) is 0 Å². The Bertz CT molecular complexity index is 760. The number of nitrogens with one attached hydrogen (secondary N) is 2. The number of aromatic amines is 1. The van der Waals surface area contributed by atoms with Gasteiger partial charge in [-0.25, -0.2) is 4.79 Å². The molecule has 6 heteroatoms. The van der Waals surface area contributed by atoms with Crippen LogP contribution in [0.25, 0.3) is 10.9 Å². The number of fused-ring (bicyclic) bond motifs is 1. The summed E-state index contributed by atoms with van der Waals surface area (Å²) in [6.45, 7) is 4.06. The predicted octanol–water partition coefficient (Wildman–Crippen LogP) is 2.32. The number of benzene rings is 1. The van der Waals surface area contributed by atoms with Gasteiger partial charge in [-0.1, -0.05) is 18.2 Å². The molecule has 3 amide bonds. The number of aryl methyl sites for hydroxylation is 1. The number of aromatic nitrogens is 1. The first-order chi connectivity index (χ1) is 12.0. The van der Waals surface area contributed by atoms with Crippen LogP contribution in [0.2, 0.25) is 0 Å². The van der Waals surface area contributed by atoms with Crippen molar-refractivity contribution in [2.75, 3.05) is 19.6 Å². The van der Waals surface area contributed by atoms with E-state index in [2.05, 4.69) is 29.4 Å². The summed E-state index contributed by atoms with van der Waals surface area (Å²) in [5, 5.41) is 4.24. The zero-order valence-corrected chi connectivity index (χ0v) is 14.7. The quantitative estimate of drug-likeness (QED) is 0.778. The molecule has 2 heterocycles. The standard InChI is InChI=1S/C19H26N4O2/c1-13-15(16-4-2-3-5-17(16)22-13)6-9-21-19(25)23-10-7-14(8-11-23)12-18(20)24/h2-5,14,22H,6-12H2,1H3,(H2,20,24)(H,21,25). The summed E-state index contributed by atoms with van der Waals surface area (Å²) >= 11 is 0. The van der Waals surface area contributed by atoms with Gasteiger partial charge in [0.05, 0.1) is 0 Å². The summed E-state index contributed by atoms with van der Waals surface area (Å²) < 4.78 is 0. The van der Waals surface area contributed by atoms with Crippen molar-refractivity contribution in [3.8, 4) is 0 Å². The van der Waals surface area contributed by atoms with Gasteiger partial charge in [-0.15, -0.1) is 0 Å². The van der Waals surface area contributed by atoms with E-state index < -0.39 is 0 Å². The third kappa shape index (κ3) is 4.13. The highest BCUT2D eigenvalue weighted by Crippen LogP contribution is 2.22. The third-order valence-corrected chi connectivity index (χ3v) is 5.07. The Balaban J connectivity index is 1.48. The lowest BCUT2D eigenvalue weighted by molar-refractivity contribution is -0.119. The van der Waals surface area contributed by atoms with E-state index in [1.165, 1.54) is 10.9 Å². The largest absolute Gasteiger partial charge is 0.370 e. The molecule has 0 atom stereocenters. The molecule has 0 aliphatic carbocycles. The minimum absolute atomic E-state index is 0.0185. The summed E-state index contributed by atoms with van der Waals surface area (Å²) in [5.41, 5.74) is 8.80. The molecular weight excluding hydrogens is 316 g/mol. The monoisotopic (exact) mass is 342 g/mol. The van der Waals surface area contributed by atoms with Crippen LogP contribution in [-0.4, -0.2) is 41.5 Å². The summed E-state index contributed by atoms with van der Waals surface area (Å²) in [6.07, 6.45) is 2.92. The molecule has 0 radical (unpaired) electrons. The fourth-order valence-electron chi connectivity index (χ4n) is 3.69. The van der Waals surface area contributed by atoms with E-state index in [9.17, 15) is 9.59 Å². The number of amides is 3. The van der Waals surface area contributed by atoms with Gasteiger partial charge in [-0.2, -0.15) is 0 Å². The normalized spacial score (nSPS) is 15.5. The average Bonchev–Trinajstić information content (AvgIpc) is 2.90. The second-order valence-corrected chi connectivity index (χ2v) is 6.86. The molecule has 1 aliphatic heterocycles. The van der Waals surface area contributed by atoms with E-state index in [0.717, 1.165) is 30.5 Å². The lowest BCUT2D eigenvalue weighted by Gasteiger charge is -2.31. The van der Waals surface area contributed by atoms with Crippen LogP contribution >= 0.6 is 0 Å². The van der Waals surface area contributed by atoms with Crippen molar-refractivity contribution in [2.45, 2.75) is 32.6 Å². The number of para-hydroxylation sites is 1. The zero-order chi connectivity index (χ0) is 17.8. The van der Waals surface area contributed by atoms with E-state index in [1.54, 1.807) is 0 Å². The van der Waals surface area contributed by atoms with E-state index in [-0.39, 0.29) is 11.9 Å². The molecule has 1 aliphatic rings. The predicted molar refractivity (Wildman–Crippen MR) is 98.2 cm³/mol. The maximum absolute atomic E-state index is 12.3. The van der Waals surface area contributed by atoms with Gasteiger partial charge in [-0.3, -0.25) is 4.79 Å². The molecule has 3 rings (SSSR count). The Hall–Kier alpha value is -2.50. The Morgan fingerprint density at radius 3 is 2.72 bits per heavy atom. The van der Waals surface area contributed by atoms with E-state index in [1.807, 2.05) is 17.0 Å². The molecule has 6 nitrogen and oxygen atoms in total. The van der Waals surface area contributed by atoms with Crippen LogP contribution in [0.4, 0.5) is 4.79 Å². The number of carbonyl (C=O) groups is 2. The maximum Gasteiger partial charge on any atom is 0.317 e. The number of piperidine rings is 1. The first-order valence-corrected chi connectivity index (χ1v) is 8.92. The molecule has 1 aromatic heterocycles. The van der Waals surface area contributed by atoms with Crippen molar-refractivity contribution in [1.29, 1.82) is 0 Å². The Morgan fingerprint density at radius 2 is 2.00 bits per heavy atom. The van der Waals surface area contributed by atoms with E-state index >= 15 is 0 Å². The second-order valence-electron chi connectivity index (χ2n) is 6.86. The van der Waals surface area contributed by atoms with Gasteiger partial charge < -0.3 is 20.9 Å². The van der Waals surface area contributed by atoms with Gasteiger partial charge in [0.1, 0.15) is 0 Å². The minimum Gasteiger partial charge on any atom is -0.370 e. The number of hydrogen-bond acceptors (Lipinski definition) is 2. The molecule has 2 aromatic rings. The third-order valence-electron chi connectivity index (χ3n) is 5.07. The molecule has 0 unspecified atom stereocenters. The molecule has 4 N–H and O–H groups in total. The molecule has 0 saturated carbocycles. The highest BCUT2D eigenvalue weighted by atomic mass is 16.2. The van der Waals surface area contributed by atoms with Gasteiger partial charge in [-0.05, 0) is 43.7 Å². The van der Waals surface area contributed by atoms with Crippen molar-refractivity contribution in [3.05, 3.63) is 35.5 Å². The fourth-order valence-corrected chi connectivity index (χ4v) is 3.69. The smallest absolute Gasteiger partial charge is 0.317 e. The highest BCUT2D eigenvalue weighted by molar-refractivity contribution is 5.84. The molecule has 134 valence electrons. The Kier molecular flexibility index (Phi) is 5.26. The van der Waals surface area contributed by atoms with Crippen LogP contribution in [0.3, 0.4) is 0 Å². The summed E-state index contributed by atoms with van der Waals surface area (Å²) in [7, 11) is 0. The van der Waals surface area contributed by atoms with Gasteiger partial charge in [0.15, 0.2) is 0 Å². The van der Waals surface area contributed by atoms with Gasteiger partial charge in [0, 0.05) is 42.7 Å². The average molecular weight is 342 g/mol. The number of hydrogen-bond donors (Lipinski definition) is 3. The van der Waals surface area contributed by atoms with Crippen molar-refractivity contribution in [1.82, 2.24) is 15.2 Å². The fraction of sp³-hybridized carbons (Fsp3) is 0.474. The van der Waals surface area contributed by atoms with E-state index in [4.69, 9.17) is 5.73 Å². The van der Waals surface area contributed by atoms with Crippen LogP contribution in [0.5, 0.6) is 0 Å². The SMILES string of the molecule is Cc1[nH]c2ccccc2c1CCNC(=O)N1CCC(CC(N)=O)CC1.